The average molecular weight is 700 g/mol. The van der Waals surface area contributed by atoms with Crippen molar-refractivity contribution >= 4 is 31.6 Å². The van der Waals surface area contributed by atoms with Crippen molar-refractivity contribution in [3.05, 3.63) is 94.8 Å². The van der Waals surface area contributed by atoms with Gasteiger partial charge in [-0.05, 0) is 76.9 Å². The number of hydrogen-bond acceptors (Lipinski definition) is 6. The first-order valence-corrected chi connectivity index (χ1v) is 20.8. The van der Waals surface area contributed by atoms with Gasteiger partial charge in [-0.3, -0.25) is 14.3 Å². The maximum atomic E-state index is 16.5. The fourth-order valence-corrected chi connectivity index (χ4v) is 10.6. The number of aliphatic hydroxyl groups is 1. The van der Waals surface area contributed by atoms with Gasteiger partial charge < -0.3 is 23.8 Å². The van der Waals surface area contributed by atoms with E-state index in [1.165, 1.54) is 11.1 Å². The van der Waals surface area contributed by atoms with Gasteiger partial charge in [-0.1, -0.05) is 65.8 Å². The van der Waals surface area contributed by atoms with Crippen LogP contribution in [0.15, 0.2) is 78.0 Å². The van der Waals surface area contributed by atoms with Crippen molar-refractivity contribution in [1.82, 2.24) is 15.0 Å². The van der Waals surface area contributed by atoms with Crippen molar-refractivity contribution in [2.45, 2.75) is 96.2 Å². The molecule has 2 aromatic carbocycles. The molecule has 0 saturated carbocycles. The number of carbonyl (C=O) groups excluding carboxylic acids is 2. The van der Waals surface area contributed by atoms with E-state index < -0.39 is 31.6 Å². The Balaban J connectivity index is 1.30. The molecule has 9 nitrogen and oxygen atoms in total. The average Bonchev–Trinajstić information content (AvgIpc) is 3.72. The Morgan fingerprint density at radius 1 is 1.14 bits per heavy atom. The summed E-state index contributed by atoms with van der Waals surface area (Å²) < 4.78 is 25.2. The van der Waals surface area contributed by atoms with Crippen molar-refractivity contribution in [2.75, 3.05) is 29.5 Å². The molecule has 1 spiro atoms. The number of aromatic nitrogens is 3. The molecule has 1 aromatic heterocycles. The van der Waals surface area contributed by atoms with Gasteiger partial charge in [0, 0.05) is 55.0 Å². The molecule has 5 atom stereocenters. The number of rotatable bonds is 13. The number of anilines is 2. The second-order valence-electron chi connectivity index (χ2n) is 14.9. The number of carbonyl (C=O) groups is 2. The minimum absolute atomic E-state index is 0.0476. The third kappa shape index (κ3) is 6.75. The van der Waals surface area contributed by atoms with Gasteiger partial charge >= 0.3 is 0 Å². The lowest BCUT2D eigenvalue weighted by atomic mass is 9.82. The summed E-state index contributed by atoms with van der Waals surface area (Å²) in [7, 11) is -3.38. The van der Waals surface area contributed by atoms with Crippen LogP contribution in [-0.2, 0) is 26.5 Å². The van der Waals surface area contributed by atoms with Gasteiger partial charge in [0.15, 0.2) is 5.60 Å². The highest BCUT2D eigenvalue weighted by Gasteiger charge is 2.66. The summed E-state index contributed by atoms with van der Waals surface area (Å²) >= 11 is 0. The van der Waals surface area contributed by atoms with Crippen LogP contribution in [0.3, 0.4) is 0 Å². The SMILES string of the molecule is CC(C)=CCC/C(C)=C/CN1C(=O)[C@@]2(O[C@@H](CCn3cc(C(CO)c4ccccc4)nn3)[C@H]([Si](C)(C)F)[C@H]2C)c2cc(N3CCC3=O)ccc21. The fourth-order valence-electron chi connectivity index (χ4n) is 8.08. The molecule has 0 radical (unpaired) electrons. The van der Waals surface area contributed by atoms with Crippen molar-refractivity contribution in [1.29, 1.82) is 0 Å². The molecule has 1 unspecified atom stereocenters. The normalized spacial score (nSPS) is 24.2. The first kappa shape index (κ1) is 35.9. The molecule has 0 aliphatic carbocycles. The number of halogens is 1. The number of fused-ring (bicyclic) bond motifs is 2. The van der Waals surface area contributed by atoms with Crippen LogP contribution < -0.4 is 9.80 Å². The largest absolute Gasteiger partial charge is 0.395 e. The monoisotopic (exact) mass is 699 g/mol. The summed E-state index contributed by atoms with van der Waals surface area (Å²) in [6, 6.07) is 15.5. The molecule has 1 N–H and O–H groups in total. The molecule has 2 amide bonds. The lowest BCUT2D eigenvalue weighted by molar-refractivity contribution is -0.145. The van der Waals surface area contributed by atoms with E-state index in [0.29, 0.717) is 43.7 Å². The molecule has 2 fully saturated rings. The van der Waals surface area contributed by atoms with Crippen LogP contribution in [0.2, 0.25) is 18.6 Å². The third-order valence-electron chi connectivity index (χ3n) is 10.8. The van der Waals surface area contributed by atoms with E-state index in [9.17, 15) is 14.7 Å². The zero-order valence-electron chi connectivity index (χ0n) is 30.1. The van der Waals surface area contributed by atoms with Crippen LogP contribution in [0.1, 0.15) is 76.1 Å². The summed E-state index contributed by atoms with van der Waals surface area (Å²) in [5.41, 5.74) is 4.43. The molecule has 3 aliphatic heterocycles. The lowest BCUT2D eigenvalue weighted by Gasteiger charge is -2.33. The quantitative estimate of drug-likeness (QED) is 0.0889. The molecule has 4 heterocycles. The lowest BCUT2D eigenvalue weighted by Crippen LogP contribution is -2.45. The number of aliphatic hydroxyl groups excluding tert-OH is 1. The van der Waals surface area contributed by atoms with Crippen LogP contribution in [-0.4, -0.2) is 66.1 Å². The first-order chi connectivity index (χ1) is 23.8. The number of aryl methyl sites for hydroxylation is 1. The predicted molar refractivity (Wildman–Crippen MR) is 196 cm³/mol. The summed E-state index contributed by atoms with van der Waals surface area (Å²) in [4.78, 5) is 30.8. The Kier molecular flexibility index (Phi) is 10.3. The minimum Gasteiger partial charge on any atom is -0.395 e. The molecule has 3 aliphatic rings. The molecular weight excluding hydrogens is 650 g/mol. The summed E-state index contributed by atoms with van der Waals surface area (Å²) in [5.74, 6) is -0.880. The van der Waals surface area contributed by atoms with Crippen molar-refractivity contribution < 1.29 is 23.5 Å². The van der Waals surface area contributed by atoms with Crippen LogP contribution >= 0.6 is 0 Å². The van der Waals surface area contributed by atoms with Crippen LogP contribution in [0.4, 0.5) is 15.5 Å². The van der Waals surface area contributed by atoms with Crippen molar-refractivity contribution in [3.8, 4) is 0 Å². The van der Waals surface area contributed by atoms with Gasteiger partial charge in [0.05, 0.1) is 30.0 Å². The molecule has 6 rings (SSSR count). The zero-order valence-corrected chi connectivity index (χ0v) is 31.1. The highest BCUT2D eigenvalue weighted by Crippen LogP contribution is 2.60. The molecule has 11 heteroatoms. The summed E-state index contributed by atoms with van der Waals surface area (Å²) in [5, 5.41) is 18.9. The van der Waals surface area contributed by atoms with Crippen molar-refractivity contribution in [3.63, 3.8) is 0 Å². The molecular formula is C39H50FN5O4Si. The Bertz CT molecular complexity index is 1780. The number of allylic oxidation sites excluding steroid dienone is 3. The van der Waals surface area contributed by atoms with E-state index in [2.05, 4.69) is 43.2 Å². The molecule has 266 valence electrons. The smallest absolute Gasteiger partial charge is 0.264 e. The Labute approximate surface area is 296 Å². The molecule has 3 aromatic rings. The van der Waals surface area contributed by atoms with E-state index in [1.54, 1.807) is 27.6 Å². The Hall–Kier alpha value is -3.93. The van der Waals surface area contributed by atoms with Crippen LogP contribution in [0.25, 0.3) is 0 Å². The fraction of sp³-hybridized carbons (Fsp3) is 0.487. The van der Waals surface area contributed by atoms with Gasteiger partial charge in [0.1, 0.15) is 0 Å². The second-order valence-corrected chi connectivity index (χ2v) is 18.7. The number of hydrogen-bond donors (Lipinski definition) is 1. The first-order valence-electron chi connectivity index (χ1n) is 17.8. The molecule has 50 heavy (non-hydrogen) atoms. The van der Waals surface area contributed by atoms with E-state index in [1.807, 2.05) is 61.7 Å². The van der Waals surface area contributed by atoms with E-state index in [0.717, 1.165) is 29.8 Å². The molecule has 2 saturated heterocycles. The third-order valence-corrected chi connectivity index (χ3v) is 13.2. The highest BCUT2D eigenvalue weighted by atomic mass is 28.4. The number of ether oxygens (including phenoxy) is 1. The topological polar surface area (TPSA) is 101 Å². The number of β-lactam (4-membered cyclic amide) rings is 1. The maximum absolute atomic E-state index is 16.5. The van der Waals surface area contributed by atoms with Gasteiger partial charge in [-0.2, -0.15) is 0 Å². The number of benzene rings is 2. The van der Waals surface area contributed by atoms with Gasteiger partial charge in [-0.25, -0.2) is 0 Å². The van der Waals surface area contributed by atoms with Gasteiger partial charge in [0.25, 0.3) is 5.91 Å². The number of amides is 2. The van der Waals surface area contributed by atoms with E-state index in [-0.39, 0.29) is 24.3 Å². The predicted octanol–water partition coefficient (Wildman–Crippen LogP) is 7.04. The highest BCUT2D eigenvalue weighted by molar-refractivity contribution is 6.72. The molecule has 0 bridgehead atoms. The summed E-state index contributed by atoms with van der Waals surface area (Å²) in [6.45, 7) is 13.0. The standard InChI is InChI=1S/C39H50FN5O4Si/c1-26(2)11-10-12-27(3)17-21-45-34-16-15-30(44-22-19-36(44)47)23-32(34)39(38(45)48)28(4)37(50(5,6)40)35(49-39)18-20-43-24-33(41-42-43)31(25-46)29-13-8-7-9-14-29/h7-9,11,13-17,23-24,28,31,35,37,46H,10,12,18-22,25H2,1-6H3/b27-17+/t28-,31?,35+,37-,39+/m1/s1. The zero-order chi connectivity index (χ0) is 35.8. The van der Waals surface area contributed by atoms with Gasteiger partial charge in [-0.15, -0.1) is 5.10 Å². The van der Waals surface area contributed by atoms with Gasteiger partial charge in [0.2, 0.25) is 14.3 Å². The second kappa shape index (κ2) is 14.4. The minimum atomic E-state index is -3.38. The van der Waals surface area contributed by atoms with E-state index in [4.69, 9.17) is 4.74 Å². The summed E-state index contributed by atoms with van der Waals surface area (Å²) in [6.07, 6.45) is 8.37. The van der Waals surface area contributed by atoms with Crippen LogP contribution in [0.5, 0.6) is 0 Å². The van der Waals surface area contributed by atoms with Crippen LogP contribution in [0, 0.1) is 5.92 Å². The Morgan fingerprint density at radius 3 is 2.54 bits per heavy atom. The van der Waals surface area contributed by atoms with Crippen molar-refractivity contribution in [2.24, 2.45) is 5.92 Å². The Morgan fingerprint density at radius 2 is 1.90 bits per heavy atom. The maximum Gasteiger partial charge on any atom is 0.264 e. The van der Waals surface area contributed by atoms with E-state index >= 15 is 4.11 Å². The number of nitrogens with zero attached hydrogens (tertiary/aromatic N) is 5.